The van der Waals surface area contributed by atoms with Gasteiger partial charge in [-0.2, -0.15) is 5.10 Å². The first kappa shape index (κ1) is 19.6. The maximum absolute atomic E-state index is 13.0. The highest BCUT2D eigenvalue weighted by Crippen LogP contribution is 2.39. The van der Waals surface area contributed by atoms with Gasteiger partial charge in [-0.1, -0.05) is 0 Å². The minimum atomic E-state index is -0.473. The molecule has 3 heterocycles. The van der Waals surface area contributed by atoms with E-state index < -0.39 is 4.92 Å². The number of amides is 1. The topological polar surface area (TPSA) is 115 Å². The summed E-state index contributed by atoms with van der Waals surface area (Å²) in [6, 6.07) is 5.03. The molecule has 31 heavy (non-hydrogen) atoms. The van der Waals surface area contributed by atoms with Gasteiger partial charge in [-0.3, -0.25) is 20.0 Å². The number of nitro groups is 1. The predicted molar refractivity (Wildman–Crippen MR) is 114 cm³/mol. The molecule has 11 heteroatoms. The Hall–Kier alpha value is -3.34. The molecule has 0 spiro atoms. The molecular formula is C20H21N7O3S. The van der Waals surface area contributed by atoms with Crippen molar-refractivity contribution in [1.29, 1.82) is 0 Å². The van der Waals surface area contributed by atoms with Crippen molar-refractivity contribution >= 4 is 23.8 Å². The van der Waals surface area contributed by atoms with Crippen LogP contribution >= 0.6 is 12.2 Å². The van der Waals surface area contributed by atoms with E-state index in [0.29, 0.717) is 35.2 Å². The van der Waals surface area contributed by atoms with Crippen molar-refractivity contribution < 1.29 is 9.72 Å². The Labute approximate surface area is 182 Å². The molecule has 0 atom stereocenters. The Bertz CT molecular complexity index is 1190. The highest BCUT2D eigenvalue weighted by Gasteiger charge is 2.33. The number of benzene rings is 1. The number of aromatic nitrogens is 5. The number of rotatable bonds is 5. The molecule has 2 aromatic heterocycles. The number of nitrogens with zero attached hydrogens (tertiary/aromatic N) is 6. The number of piperidine rings is 1. The maximum Gasteiger partial charge on any atom is 0.294 e. The minimum absolute atomic E-state index is 0.126. The van der Waals surface area contributed by atoms with Crippen LogP contribution in [-0.2, 0) is 0 Å². The van der Waals surface area contributed by atoms with Gasteiger partial charge < -0.3 is 14.0 Å². The van der Waals surface area contributed by atoms with Crippen molar-refractivity contribution in [1.82, 2.24) is 29.2 Å². The van der Waals surface area contributed by atoms with Crippen LogP contribution in [0.5, 0.6) is 0 Å². The number of imidazole rings is 1. The normalized spacial score (nSPS) is 17.1. The molecule has 1 aliphatic carbocycles. The predicted octanol–water partition coefficient (Wildman–Crippen LogP) is 3.39. The van der Waals surface area contributed by atoms with Crippen LogP contribution in [0.4, 0.5) is 5.69 Å². The summed E-state index contributed by atoms with van der Waals surface area (Å²) in [6.45, 7) is 1.15. The number of carbonyl (C=O) groups excluding carboxylic acids is 1. The molecule has 3 aromatic rings. The number of likely N-dealkylation sites (tertiary alicyclic amines) is 1. The third kappa shape index (κ3) is 3.65. The van der Waals surface area contributed by atoms with E-state index in [-0.39, 0.29) is 17.5 Å². The standard InChI is InChI=1S/C20H21N7O3S/c28-19(14-1-4-16(17(11-14)27(29)30)25-10-7-21-12-25)24-8-5-13(6-9-24)18-22-23-20(31)26(18)15-2-3-15/h1,4,7,10-13,15H,2-3,5-6,8-9H2,(H,23,31). The van der Waals surface area contributed by atoms with Crippen molar-refractivity contribution in [3.8, 4) is 5.69 Å². The number of nitro benzene ring substituents is 1. The Kier molecular flexibility index (Phi) is 4.89. The average Bonchev–Trinajstić information content (AvgIpc) is 3.31. The summed E-state index contributed by atoms with van der Waals surface area (Å²) in [5.74, 6) is 1.04. The molecular weight excluding hydrogens is 418 g/mol. The summed E-state index contributed by atoms with van der Waals surface area (Å²) in [5.41, 5.74) is 0.564. The third-order valence-electron chi connectivity index (χ3n) is 5.99. The molecule has 0 radical (unpaired) electrons. The van der Waals surface area contributed by atoms with Gasteiger partial charge in [0.15, 0.2) is 4.77 Å². The Balaban J connectivity index is 1.32. The van der Waals surface area contributed by atoms with Gasteiger partial charge in [0.2, 0.25) is 0 Å². The number of aromatic amines is 1. The minimum Gasteiger partial charge on any atom is -0.339 e. The summed E-state index contributed by atoms with van der Waals surface area (Å²) in [6.07, 6.45) is 8.50. The third-order valence-corrected chi connectivity index (χ3v) is 6.28. The SMILES string of the molecule is O=C(c1ccc(-n2ccnc2)c([N+](=O)[O-])c1)N1CCC(c2n[nH]c(=S)n2C2CC2)CC1. The largest absolute Gasteiger partial charge is 0.339 e. The summed E-state index contributed by atoms with van der Waals surface area (Å²) in [7, 11) is 0. The number of H-pyrrole nitrogens is 1. The van der Waals surface area contributed by atoms with Crippen molar-refractivity contribution in [3.05, 3.63) is 63.2 Å². The maximum atomic E-state index is 13.0. The molecule has 1 N–H and O–H groups in total. The summed E-state index contributed by atoms with van der Waals surface area (Å²) in [5, 5.41) is 19.0. The molecule has 1 amide bonds. The Morgan fingerprint density at radius 2 is 2.00 bits per heavy atom. The molecule has 10 nitrogen and oxygen atoms in total. The van der Waals surface area contributed by atoms with E-state index in [1.54, 1.807) is 34.0 Å². The van der Waals surface area contributed by atoms with Gasteiger partial charge >= 0.3 is 0 Å². The Morgan fingerprint density at radius 1 is 1.23 bits per heavy atom. The van der Waals surface area contributed by atoms with Crippen molar-refractivity contribution in [3.63, 3.8) is 0 Å². The second kappa shape index (κ2) is 7.73. The van der Waals surface area contributed by atoms with Gasteiger partial charge in [0, 0.05) is 49.1 Å². The van der Waals surface area contributed by atoms with Gasteiger partial charge in [-0.05, 0) is 50.0 Å². The van der Waals surface area contributed by atoms with Gasteiger partial charge in [0.05, 0.1) is 11.3 Å². The van der Waals surface area contributed by atoms with Crippen LogP contribution in [0.15, 0.2) is 36.9 Å². The zero-order valence-electron chi connectivity index (χ0n) is 16.7. The van der Waals surface area contributed by atoms with Gasteiger partial charge in [-0.15, -0.1) is 0 Å². The first-order valence-electron chi connectivity index (χ1n) is 10.3. The Morgan fingerprint density at radius 3 is 2.65 bits per heavy atom. The lowest BCUT2D eigenvalue weighted by Gasteiger charge is -2.31. The van der Waals surface area contributed by atoms with Crippen molar-refractivity contribution in [2.45, 2.75) is 37.6 Å². The quantitative estimate of drug-likeness (QED) is 0.370. The molecule has 1 saturated carbocycles. The van der Waals surface area contributed by atoms with E-state index in [1.165, 1.54) is 12.4 Å². The van der Waals surface area contributed by atoms with Crippen LogP contribution in [0, 0.1) is 14.9 Å². The fraction of sp³-hybridized carbons (Fsp3) is 0.400. The molecule has 0 bridgehead atoms. The molecule has 0 unspecified atom stereocenters. The molecule has 2 fully saturated rings. The molecule has 1 aliphatic heterocycles. The molecule has 5 rings (SSSR count). The fourth-order valence-corrected chi connectivity index (χ4v) is 4.52. The summed E-state index contributed by atoms with van der Waals surface area (Å²) in [4.78, 5) is 29.9. The lowest BCUT2D eigenvalue weighted by atomic mass is 9.95. The zero-order chi connectivity index (χ0) is 21.5. The number of hydrogen-bond donors (Lipinski definition) is 1. The van der Waals surface area contributed by atoms with Crippen molar-refractivity contribution in [2.24, 2.45) is 0 Å². The van der Waals surface area contributed by atoms with Crippen LogP contribution in [0.2, 0.25) is 0 Å². The lowest BCUT2D eigenvalue weighted by molar-refractivity contribution is -0.384. The zero-order valence-corrected chi connectivity index (χ0v) is 17.5. The van der Waals surface area contributed by atoms with Crippen LogP contribution in [0.1, 0.15) is 53.8 Å². The molecule has 160 valence electrons. The van der Waals surface area contributed by atoms with E-state index in [9.17, 15) is 14.9 Å². The van der Waals surface area contributed by atoms with Crippen molar-refractivity contribution in [2.75, 3.05) is 13.1 Å². The smallest absolute Gasteiger partial charge is 0.294 e. The fourth-order valence-electron chi connectivity index (χ4n) is 4.24. The second-order valence-corrected chi connectivity index (χ2v) is 8.37. The molecule has 1 aromatic carbocycles. The number of hydrogen-bond acceptors (Lipinski definition) is 6. The van der Waals surface area contributed by atoms with Crippen LogP contribution < -0.4 is 0 Å². The monoisotopic (exact) mass is 439 g/mol. The first-order chi connectivity index (χ1) is 15.0. The van der Waals surface area contributed by atoms with E-state index in [1.807, 2.05) is 0 Å². The number of nitrogens with one attached hydrogen (secondary N) is 1. The van der Waals surface area contributed by atoms with Crippen LogP contribution in [-0.4, -0.2) is 53.1 Å². The molecule has 2 aliphatic rings. The van der Waals surface area contributed by atoms with E-state index >= 15 is 0 Å². The van der Waals surface area contributed by atoms with Gasteiger partial charge in [0.25, 0.3) is 11.6 Å². The van der Waals surface area contributed by atoms with Crippen LogP contribution in [0.25, 0.3) is 5.69 Å². The summed E-state index contributed by atoms with van der Waals surface area (Å²) >= 11 is 5.38. The van der Waals surface area contributed by atoms with Crippen LogP contribution in [0.3, 0.4) is 0 Å². The highest BCUT2D eigenvalue weighted by molar-refractivity contribution is 7.71. The second-order valence-electron chi connectivity index (χ2n) is 7.99. The van der Waals surface area contributed by atoms with Gasteiger partial charge in [-0.25, -0.2) is 4.98 Å². The summed E-state index contributed by atoms with van der Waals surface area (Å²) < 4.78 is 4.36. The van der Waals surface area contributed by atoms with E-state index in [4.69, 9.17) is 12.2 Å². The van der Waals surface area contributed by atoms with E-state index in [0.717, 1.165) is 31.5 Å². The highest BCUT2D eigenvalue weighted by atomic mass is 32.1. The average molecular weight is 440 g/mol. The first-order valence-corrected chi connectivity index (χ1v) is 10.7. The van der Waals surface area contributed by atoms with Gasteiger partial charge in [0.1, 0.15) is 11.5 Å². The lowest BCUT2D eigenvalue weighted by Crippen LogP contribution is -2.38. The van der Waals surface area contributed by atoms with E-state index in [2.05, 4.69) is 19.7 Å². The molecule has 1 saturated heterocycles. The number of carbonyl (C=O) groups is 1.